The van der Waals surface area contributed by atoms with Crippen LogP contribution in [0.25, 0.3) is 0 Å². The Morgan fingerprint density at radius 3 is 1.96 bits per heavy atom. The molecule has 0 saturated carbocycles. The summed E-state index contributed by atoms with van der Waals surface area (Å²) in [5, 5.41) is 0. The van der Waals surface area contributed by atoms with Crippen molar-refractivity contribution < 1.29 is 14.3 Å². The van der Waals surface area contributed by atoms with E-state index in [0.717, 1.165) is 12.8 Å². The van der Waals surface area contributed by atoms with Crippen LogP contribution in [0.15, 0.2) is 18.2 Å². The lowest BCUT2D eigenvalue weighted by Crippen LogP contribution is -2.32. The van der Waals surface area contributed by atoms with Gasteiger partial charge in [-0.1, -0.05) is 39.0 Å². The van der Waals surface area contributed by atoms with Crippen LogP contribution in [0.4, 0.5) is 0 Å². The molecule has 1 aromatic rings. The number of hydrogen-bond donors (Lipinski definition) is 4. The monoisotopic (exact) mass is 322 g/mol. The molecule has 0 radical (unpaired) electrons. The van der Waals surface area contributed by atoms with Gasteiger partial charge in [-0.2, -0.15) is 0 Å². The standard InChI is InChI=1S/C16H26N4O3/c1-2-3-4-5-6-7-8-23-14-10-12(15(21)19-17)9-13(11-14)16(22)20-18/h9-11H,2-8,17-18H2,1H3,(H,19,21)(H,20,22). The Hall–Kier alpha value is -2.12. The lowest BCUT2D eigenvalue weighted by molar-refractivity contribution is 0.0953. The van der Waals surface area contributed by atoms with E-state index in [1.165, 1.54) is 31.7 Å². The van der Waals surface area contributed by atoms with E-state index in [1.807, 2.05) is 10.9 Å². The number of rotatable bonds is 10. The summed E-state index contributed by atoms with van der Waals surface area (Å²) in [5.74, 6) is 9.70. The van der Waals surface area contributed by atoms with E-state index in [-0.39, 0.29) is 11.1 Å². The van der Waals surface area contributed by atoms with Crippen LogP contribution >= 0.6 is 0 Å². The highest BCUT2D eigenvalue weighted by Crippen LogP contribution is 2.18. The normalized spacial score (nSPS) is 10.2. The molecule has 0 aromatic heterocycles. The number of hydrogen-bond acceptors (Lipinski definition) is 5. The lowest BCUT2D eigenvalue weighted by Gasteiger charge is -2.10. The number of nitrogens with two attached hydrogens (primary N) is 2. The number of unbranched alkanes of at least 4 members (excludes halogenated alkanes) is 5. The van der Waals surface area contributed by atoms with E-state index < -0.39 is 11.8 Å². The van der Waals surface area contributed by atoms with Gasteiger partial charge in [0.25, 0.3) is 11.8 Å². The predicted octanol–water partition coefficient (Wildman–Crippen LogP) is 1.63. The molecular formula is C16H26N4O3. The van der Waals surface area contributed by atoms with E-state index in [1.54, 1.807) is 12.1 Å². The zero-order valence-corrected chi connectivity index (χ0v) is 13.6. The quantitative estimate of drug-likeness (QED) is 0.226. The molecular weight excluding hydrogens is 296 g/mol. The summed E-state index contributed by atoms with van der Waals surface area (Å²) < 4.78 is 5.64. The minimum atomic E-state index is -0.499. The zero-order chi connectivity index (χ0) is 17.1. The van der Waals surface area contributed by atoms with Crippen LogP contribution in [0.1, 0.15) is 66.2 Å². The van der Waals surface area contributed by atoms with Crippen molar-refractivity contribution in [1.82, 2.24) is 10.9 Å². The van der Waals surface area contributed by atoms with E-state index in [2.05, 4.69) is 6.92 Å². The molecule has 0 fully saturated rings. The first-order valence-electron chi connectivity index (χ1n) is 7.92. The van der Waals surface area contributed by atoms with Crippen molar-refractivity contribution in [2.75, 3.05) is 6.61 Å². The first kappa shape index (κ1) is 18.9. The average Bonchev–Trinajstić information content (AvgIpc) is 2.59. The second-order valence-electron chi connectivity index (χ2n) is 5.31. The zero-order valence-electron chi connectivity index (χ0n) is 13.6. The molecule has 0 bridgehead atoms. The number of carbonyl (C=O) groups excluding carboxylic acids is 2. The summed E-state index contributed by atoms with van der Waals surface area (Å²) in [6.07, 6.45) is 6.93. The van der Waals surface area contributed by atoms with Gasteiger partial charge in [-0.05, 0) is 24.6 Å². The minimum absolute atomic E-state index is 0.242. The predicted molar refractivity (Wildman–Crippen MR) is 88.6 cm³/mol. The molecule has 0 aliphatic rings. The third-order valence-corrected chi connectivity index (χ3v) is 3.46. The molecule has 0 atom stereocenters. The second kappa shape index (κ2) is 10.6. The summed E-state index contributed by atoms with van der Waals surface area (Å²) >= 11 is 0. The Morgan fingerprint density at radius 2 is 1.43 bits per heavy atom. The van der Waals surface area contributed by atoms with Crippen LogP contribution in [-0.4, -0.2) is 18.4 Å². The molecule has 128 valence electrons. The van der Waals surface area contributed by atoms with Gasteiger partial charge in [0, 0.05) is 11.1 Å². The highest BCUT2D eigenvalue weighted by molar-refractivity contribution is 5.99. The third kappa shape index (κ3) is 6.66. The number of hydrazine groups is 2. The van der Waals surface area contributed by atoms with Crippen molar-refractivity contribution in [3.63, 3.8) is 0 Å². The first-order chi connectivity index (χ1) is 11.1. The Bertz CT molecular complexity index is 486. The number of nitrogen functional groups attached to an aromatic ring is 2. The van der Waals surface area contributed by atoms with Gasteiger partial charge in [0.05, 0.1) is 6.61 Å². The Labute approximate surface area is 136 Å². The number of ether oxygens (including phenoxy) is 1. The highest BCUT2D eigenvalue weighted by Gasteiger charge is 2.12. The fourth-order valence-corrected chi connectivity index (χ4v) is 2.18. The van der Waals surface area contributed by atoms with Crippen LogP contribution < -0.4 is 27.3 Å². The fraction of sp³-hybridized carbons (Fsp3) is 0.500. The first-order valence-corrected chi connectivity index (χ1v) is 7.92. The fourth-order valence-electron chi connectivity index (χ4n) is 2.18. The molecule has 1 rings (SSSR count). The molecule has 0 aliphatic carbocycles. The van der Waals surface area contributed by atoms with Crippen molar-refractivity contribution >= 4 is 11.8 Å². The van der Waals surface area contributed by atoms with Crippen LogP contribution in [0.3, 0.4) is 0 Å². The van der Waals surface area contributed by atoms with Crippen molar-refractivity contribution in [2.24, 2.45) is 11.7 Å². The van der Waals surface area contributed by atoms with Crippen molar-refractivity contribution in [2.45, 2.75) is 45.4 Å². The molecule has 0 saturated heterocycles. The number of benzene rings is 1. The van der Waals surface area contributed by atoms with Gasteiger partial charge in [0.1, 0.15) is 5.75 Å². The molecule has 2 amide bonds. The molecule has 0 unspecified atom stereocenters. The smallest absolute Gasteiger partial charge is 0.265 e. The number of nitrogens with one attached hydrogen (secondary N) is 2. The summed E-state index contributed by atoms with van der Waals surface area (Å²) in [5.41, 5.74) is 4.55. The van der Waals surface area contributed by atoms with Crippen molar-refractivity contribution in [1.29, 1.82) is 0 Å². The van der Waals surface area contributed by atoms with Gasteiger partial charge >= 0.3 is 0 Å². The van der Waals surface area contributed by atoms with Crippen molar-refractivity contribution in [3.8, 4) is 5.75 Å². The maximum Gasteiger partial charge on any atom is 0.265 e. The molecule has 1 aromatic carbocycles. The van der Waals surface area contributed by atoms with E-state index in [9.17, 15) is 9.59 Å². The van der Waals surface area contributed by atoms with E-state index in [0.29, 0.717) is 12.4 Å². The lowest BCUT2D eigenvalue weighted by atomic mass is 10.1. The Balaban J connectivity index is 2.62. The Morgan fingerprint density at radius 1 is 0.913 bits per heavy atom. The molecule has 0 spiro atoms. The molecule has 23 heavy (non-hydrogen) atoms. The number of carbonyl (C=O) groups is 2. The van der Waals surface area contributed by atoms with Crippen LogP contribution in [0.2, 0.25) is 0 Å². The maximum absolute atomic E-state index is 11.7. The van der Waals surface area contributed by atoms with Gasteiger partial charge in [0.15, 0.2) is 0 Å². The minimum Gasteiger partial charge on any atom is -0.494 e. The SMILES string of the molecule is CCCCCCCCOc1cc(C(=O)NN)cc(C(=O)NN)c1. The summed E-state index contributed by atoms with van der Waals surface area (Å²) in [7, 11) is 0. The molecule has 0 aliphatic heterocycles. The van der Waals surface area contributed by atoms with E-state index >= 15 is 0 Å². The highest BCUT2D eigenvalue weighted by atomic mass is 16.5. The summed E-state index contributed by atoms with van der Waals surface area (Å²) in [6, 6.07) is 4.50. The summed E-state index contributed by atoms with van der Waals surface area (Å²) in [4.78, 5) is 23.3. The molecule has 6 N–H and O–H groups in total. The molecule has 0 heterocycles. The molecule has 7 nitrogen and oxygen atoms in total. The van der Waals surface area contributed by atoms with Gasteiger partial charge < -0.3 is 4.74 Å². The van der Waals surface area contributed by atoms with Crippen LogP contribution in [-0.2, 0) is 0 Å². The van der Waals surface area contributed by atoms with Gasteiger partial charge in [-0.15, -0.1) is 0 Å². The second-order valence-corrected chi connectivity index (χ2v) is 5.31. The van der Waals surface area contributed by atoms with Gasteiger partial charge in [-0.3, -0.25) is 20.4 Å². The van der Waals surface area contributed by atoms with E-state index in [4.69, 9.17) is 16.4 Å². The topological polar surface area (TPSA) is 119 Å². The maximum atomic E-state index is 11.7. The van der Waals surface area contributed by atoms with Gasteiger partial charge in [-0.25, -0.2) is 11.7 Å². The Kier molecular flexibility index (Phi) is 8.71. The summed E-state index contributed by atoms with van der Waals surface area (Å²) in [6.45, 7) is 2.71. The van der Waals surface area contributed by atoms with Gasteiger partial charge in [0.2, 0.25) is 0 Å². The average molecular weight is 322 g/mol. The van der Waals surface area contributed by atoms with Crippen LogP contribution in [0.5, 0.6) is 5.75 Å². The number of amides is 2. The third-order valence-electron chi connectivity index (χ3n) is 3.46. The van der Waals surface area contributed by atoms with Crippen molar-refractivity contribution in [3.05, 3.63) is 29.3 Å². The van der Waals surface area contributed by atoms with Crippen LogP contribution in [0, 0.1) is 0 Å². The molecule has 7 heteroatoms. The largest absolute Gasteiger partial charge is 0.494 e.